The summed E-state index contributed by atoms with van der Waals surface area (Å²) in [5, 5.41) is 11.6. The third kappa shape index (κ3) is 4.74. The highest BCUT2D eigenvalue weighted by Gasteiger charge is 2.27. The average Bonchev–Trinajstić information content (AvgIpc) is 2.54. The number of carboxylic acid groups (broad SMARTS) is 1. The van der Waals surface area contributed by atoms with Gasteiger partial charge in [-0.15, -0.1) is 0 Å². The molecule has 1 aliphatic rings. The van der Waals surface area contributed by atoms with Crippen molar-refractivity contribution in [1.29, 1.82) is 0 Å². The number of carboxylic acids is 1. The molecular formula is C17H22F2N2O3. The first kappa shape index (κ1) is 18.3. The number of nitrogens with one attached hydrogen (secondary N) is 1. The van der Waals surface area contributed by atoms with Crippen LogP contribution in [-0.4, -0.2) is 41.5 Å². The van der Waals surface area contributed by atoms with Gasteiger partial charge in [0, 0.05) is 18.1 Å². The molecule has 0 aromatic heterocycles. The van der Waals surface area contributed by atoms with Gasteiger partial charge >= 0.3 is 5.97 Å². The lowest BCUT2D eigenvalue weighted by Gasteiger charge is -2.30. The Labute approximate surface area is 139 Å². The zero-order valence-electron chi connectivity index (χ0n) is 13.6. The van der Waals surface area contributed by atoms with Crippen LogP contribution in [0.4, 0.5) is 8.78 Å². The summed E-state index contributed by atoms with van der Waals surface area (Å²) in [4.78, 5) is 25.8. The maximum Gasteiger partial charge on any atom is 0.331 e. The van der Waals surface area contributed by atoms with Crippen LogP contribution in [0.1, 0.15) is 37.8 Å². The van der Waals surface area contributed by atoms with Crippen molar-refractivity contribution in [2.45, 2.75) is 32.2 Å². The van der Waals surface area contributed by atoms with Gasteiger partial charge in [0.15, 0.2) is 6.04 Å². The summed E-state index contributed by atoms with van der Waals surface area (Å²) in [5.74, 6) is -3.40. The molecule has 1 heterocycles. The lowest BCUT2D eigenvalue weighted by atomic mass is 9.93. The van der Waals surface area contributed by atoms with Gasteiger partial charge in [0.1, 0.15) is 11.6 Å². The van der Waals surface area contributed by atoms with Crippen LogP contribution in [0.5, 0.6) is 0 Å². The Balaban J connectivity index is 1.98. The highest BCUT2D eigenvalue weighted by Crippen LogP contribution is 2.22. The number of rotatable bonds is 6. The van der Waals surface area contributed by atoms with Crippen LogP contribution < -0.4 is 5.32 Å². The van der Waals surface area contributed by atoms with Crippen LogP contribution in [-0.2, 0) is 9.59 Å². The Morgan fingerprint density at radius 3 is 2.54 bits per heavy atom. The third-order valence-corrected chi connectivity index (χ3v) is 4.45. The molecule has 1 aromatic carbocycles. The van der Waals surface area contributed by atoms with E-state index < -0.39 is 29.6 Å². The first-order valence-corrected chi connectivity index (χ1v) is 8.10. The lowest BCUT2D eigenvalue weighted by Crippen LogP contribution is -2.38. The van der Waals surface area contributed by atoms with E-state index in [1.54, 1.807) is 0 Å². The van der Waals surface area contributed by atoms with Crippen LogP contribution >= 0.6 is 0 Å². The first-order chi connectivity index (χ1) is 11.4. The summed E-state index contributed by atoms with van der Waals surface area (Å²) in [6.07, 6.45) is 1.97. The number of carbonyl (C=O) groups is 2. The minimum absolute atomic E-state index is 0.195. The number of piperidine rings is 1. The number of likely N-dealkylation sites (tertiary alicyclic amines) is 1. The zero-order valence-corrected chi connectivity index (χ0v) is 13.6. The molecule has 24 heavy (non-hydrogen) atoms. The molecule has 1 fully saturated rings. The van der Waals surface area contributed by atoms with E-state index in [-0.39, 0.29) is 17.9 Å². The molecule has 0 saturated carbocycles. The van der Waals surface area contributed by atoms with Gasteiger partial charge in [0.2, 0.25) is 5.91 Å². The number of hydrogen-bond acceptors (Lipinski definition) is 3. The Hall–Kier alpha value is -2.02. The van der Waals surface area contributed by atoms with Gasteiger partial charge in [-0.25, -0.2) is 13.6 Å². The van der Waals surface area contributed by atoms with E-state index in [9.17, 15) is 23.5 Å². The van der Waals surface area contributed by atoms with Crippen molar-refractivity contribution in [3.63, 3.8) is 0 Å². The molecule has 0 spiro atoms. The molecule has 1 atom stereocenters. The van der Waals surface area contributed by atoms with Gasteiger partial charge < -0.3 is 15.3 Å². The fourth-order valence-corrected chi connectivity index (χ4v) is 3.00. The quantitative estimate of drug-likeness (QED) is 0.834. The van der Waals surface area contributed by atoms with Gasteiger partial charge in [-0.2, -0.15) is 0 Å². The first-order valence-electron chi connectivity index (χ1n) is 8.10. The number of halogens is 2. The van der Waals surface area contributed by atoms with E-state index in [1.807, 2.05) is 0 Å². The van der Waals surface area contributed by atoms with Crippen molar-refractivity contribution < 1.29 is 23.5 Å². The van der Waals surface area contributed by atoms with E-state index in [4.69, 9.17) is 0 Å². The monoisotopic (exact) mass is 340 g/mol. The summed E-state index contributed by atoms with van der Waals surface area (Å²) in [6.45, 7) is 4.90. The van der Waals surface area contributed by atoms with E-state index in [0.717, 1.165) is 44.6 Å². The van der Waals surface area contributed by atoms with Gasteiger partial charge in [-0.1, -0.05) is 13.0 Å². The highest BCUT2D eigenvalue weighted by molar-refractivity contribution is 5.84. The van der Waals surface area contributed by atoms with E-state index in [0.29, 0.717) is 6.07 Å². The zero-order chi connectivity index (χ0) is 17.7. The summed E-state index contributed by atoms with van der Waals surface area (Å²) in [5.41, 5.74) is -0.252. The molecule has 0 bridgehead atoms. The average molecular weight is 340 g/mol. The number of aliphatic carboxylic acids is 1. The normalized spacial score (nSPS) is 17.5. The predicted octanol–water partition coefficient (Wildman–Crippen LogP) is 2.33. The van der Waals surface area contributed by atoms with Crippen molar-refractivity contribution in [2.75, 3.05) is 19.6 Å². The van der Waals surface area contributed by atoms with E-state index in [1.165, 1.54) is 0 Å². The van der Waals surface area contributed by atoms with Crippen LogP contribution in [0.3, 0.4) is 0 Å². The number of hydrogen-bond donors (Lipinski definition) is 2. The minimum Gasteiger partial charge on any atom is -0.479 e. The second kappa shape index (κ2) is 8.19. The number of carbonyl (C=O) groups excluding carboxylic acids is 1. The molecular weight excluding hydrogens is 318 g/mol. The molecule has 1 saturated heterocycles. The van der Waals surface area contributed by atoms with E-state index in [2.05, 4.69) is 17.1 Å². The lowest BCUT2D eigenvalue weighted by molar-refractivity contribution is -0.142. The van der Waals surface area contributed by atoms with Gasteiger partial charge in [-0.05, 0) is 44.5 Å². The molecule has 2 N–H and O–H groups in total. The predicted molar refractivity (Wildman–Crippen MR) is 84.3 cm³/mol. The molecule has 132 valence electrons. The number of benzene rings is 1. The van der Waals surface area contributed by atoms with E-state index >= 15 is 0 Å². The Morgan fingerprint density at radius 1 is 1.33 bits per heavy atom. The van der Waals surface area contributed by atoms with Gasteiger partial charge in [0.05, 0.1) is 0 Å². The molecule has 5 nitrogen and oxygen atoms in total. The van der Waals surface area contributed by atoms with Crippen molar-refractivity contribution in [1.82, 2.24) is 10.2 Å². The smallest absolute Gasteiger partial charge is 0.331 e. The molecule has 1 amide bonds. The molecule has 0 unspecified atom stereocenters. The largest absolute Gasteiger partial charge is 0.479 e. The third-order valence-electron chi connectivity index (χ3n) is 4.45. The highest BCUT2D eigenvalue weighted by atomic mass is 19.1. The van der Waals surface area contributed by atoms with Crippen LogP contribution in [0.25, 0.3) is 0 Å². The van der Waals surface area contributed by atoms with Crippen molar-refractivity contribution in [3.8, 4) is 0 Å². The molecule has 1 aliphatic heterocycles. The second-order valence-corrected chi connectivity index (χ2v) is 6.09. The molecule has 7 heteroatoms. The van der Waals surface area contributed by atoms with Crippen molar-refractivity contribution >= 4 is 11.9 Å². The minimum atomic E-state index is -1.52. The maximum absolute atomic E-state index is 13.8. The SMILES string of the molecule is CCN1CCC(CC(=O)N[C@H](C(=O)O)c2ccc(F)cc2F)CC1. The Kier molecular flexibility index (Phi) is 6.25. The molecule has 0 aliphatic carbocycles. The van der Waals surface area contributed by atoms with Crippen molar-refractivity contribution in [3.05, 3.63) is 35.4 Å². The van der Waals surface area contributed by atoms with Crippen molar-refractivity contribution in [2.24, 2.45) is 5.92 Å². The molecule has 1 aromatic rings. The Morgan fingerprint density at radius 2 is 2.00 bits per heavy atom. The number of nitrogens with zero attached hydrogens (tertiary/aromatic N) is 1. The topological polar surface area (TPSA) is 69.6 Å². The number of amides is 1. The fraction of sp³-hybridized carbons (Fsp3) is 0.529. The molecule has 2 rings (SSSR count). The van der Waals surface area contributed by atoms with Crippen LogP contribution in [0.2, 0.25) is 0 Å². The summed E-state index contributed by atoms with van der Waals surface area (Å²) < 4.78 is 26.8. The fourth-order valence-electron chi connectivity index (χ4n) is 3.00. The van der Waals surface area contributed by atoms with Crippen LogP contribution in [0.15, 0.2) is 18.2 Å². The standard InChI is InChI=1S/C17H22F2N2O3/c1-2-21-7-5-11(6-8-21)9-15(22)20-16(17(23)24)13-4-3-12(18)10-14(13)19/h3-4,10-11,16H,2,5-9H2,1H3,(H,20,22)(H,23,24)/t16-/m0/s1. The van der Waals surface area contributed by atoms with Gasteiger partial charge in [0.25, 0.3) is 0 Å². The summed E-state index contributed by atoms with van der Waals surface area (Å²) >= 11 is 0. The van der Waals surface area contributed by atoms with Crippen LogP contribution in [0, 0.1) is 17.6 Å². The van der Waals surface area contributed by atoms with Gasteiger partial charge in [-0.3, -0.25) is 4.79 Å². The summed E-state index contributed by atoms with van der Waals surface area (Å²) in [7, 11) is 0. The maximum atomic E-state index is 13.8. The second-order valence-electron chi connectivity index (χ2n) is 6.09. The Bertz CT molecular complexity index is 601. The molecule has 0 radical (unpaired) electrons. The summed E-state index contributed by atoms with van der Waals surface area (Å²) in [6, 6.07) is 1.11.